The highest BCUT2D eigenvalue weighted by Gasteiger charge is 3.01. The molecule has 46 heavy (non-hydrogen) atoms. The SMILES string of the molecule is CC=C(C)C(=O)OC1C2(C)CC3(O)C1(O)C1OC4(C)OC15C1=CC(=O)OC(c6ccoc6)C1(C)CCC5(O4)C3(C)C2CC(=O)OC. The highest BCUT2D eigenvalue weighted by Crippen LogP contribution is 2.87. The summed E-state index contributed by atoms with van der Waals surface area (Å²) in [5, 5.41) is 26.5. The molecular weight excluding hydrogens is 600 g/mol. The van der Waals surface area contributed by atoms with Crippen LogP contribution in [0.4, 0.5) is 0 Å². The second kappa shape index (κ2) is 8.51. The summed E-state index contributed by atoms with van der Waals surface area (Å²) in [6, 6.07) is 1.74. The Hall–Kier alpha value is -3.03. The minimum atomic E-state index is -2.26. The molecule has 7 aliphatic rings. The molecule has 0 radical (unpaired) electrons. The number of hydrogen-bond donors (Lipinski definition) is 2. The number of esters is 3. The number of aliphatic hydroxyl groups is 2. The Labute approximate surface area is 266 Å². The van der Waals surface area contributed by atoms with Gasteiger partial charge in [-0.1, -0.05) is 26.8 Å². The summed E-state index contributed by atoms with van der Waals surface area (Å²) in [4.78, 5) is 40.1. The summed E-state index contributed by atoms with van der Waals surface area (Å²) in [7, 11) is 1.29. The lowest BCUT2D eigenvalue weighted by molar-refractivity contribution is -0.443. The highest BCUT2D eigenvalue weighted by molar-refractivity contribution is 5.88. The molecule has 12 heteroatoms. The fraction of sp³-hybridized carbons (Fsp3) is 0.676. The van der Waals surface area contributed by atoms with Crippen molar-refractivity contribution in [2.45, 2.75) is 114 Å². The number of carbonyl (C=O) groups is 3. The van der Waals surface area contributed by atoms with Gasteiger partial charge in [0, 0.05) is 46.8 Å². The number of carbonyl (C=O) groups excluding carboxylic acids is 3. The molecular formula is C34H40O12. The molecule has 1 spiro atoms. The first kappa shape index (κ1) is 30.3. The number of fused-ring (bicyclic) bond motifs is 4. The maximum Gasteiger partial charge on any atom is 0.333 e. The molecule has 2 N–H and O–H groups in total. The third kappa shape index (κ3) is 2.83. The fourth-order valence-electron chi connectivity index (χ4n) is 11.6. The Balaban J connectivity index is 1.42. The number of cyclic esters (lactones) is 1. The van der Waals surface area contributed by atoms with Gasteiger partial charge in [0.2, 0.25) is 0 Å². The zero-order valence-corrected chi connectivity index (χ0v) is 27.0. The molecule has 0 amide bonds. The molecule has 12 atom stereocenters. The number of ether oxygens (including phenoxy) is 6. The summed E-state index contributed by atoms with van der Waals surface area (Å²) in [6.07, 6.45) is 3.14. The molecule has 12 unspecified atom stereocenters. The molecule has 4 bridgehead atoms. The molecule has 4 saturated carbocycles. The molecule has 4 aliphatic carbocycles. The minimum absolute atomic E-state index is 0.0186. The first-order chi connectivity index (χ1) is 21.5. The van der Waals surface area contributed by atoms with Crippen LogP contribution in [0.15, 0.2) is 46.3 Å². The minimum Gasteiger partial charge on any atom is -0.472 e. The van der Waals surface area contributed by atoms with Gasteiger partial charge in [-0.05, 0) is 50.7 Å². The lowest BCUT2D eigenvalue weighted by Gasteiger charge is -2.75. The van der Waals surface area contributed by atoms with E-state index in [-0.39, 0.29) is 12.8 Å². The zero-order chi connectivity index (χ0) is 33.1. The Bertz CT molecular complexity index is 1650. The molecule has 2 saturated heterocycles. The van der Waals surface area contributed by atoms with Crippen LogP contribution in [-0.2, 0) is 42.8 Å². The van der Waals surface area contributed by atoms with Gasteiger partial charge in [0.25, 0.3) is 5.97 Å². The Morgan fingerprint density at radius 1 is 1.13 bits per heavy atom. The van der Waals surface area contributed by atoms with E-state index in [4.69, 9.17) is 32.8 Å². The average Bonchev–Trinajstić information content (AvgIpc) is 3.78. The van der Waals surface area contributed by atoms with E-state index in [9.17, 15) is 24.6 Å². The standard InChI is InChI=1S/C34H40O12/c1-8-17(2)24(37)43-25-28(4)16-31(38)29(5,19(28)13-21(35)40-7)32-11-10-27(3)20(14-22(36)42-23(27)18-9-12-41-15-18)34(32)26(33(25,31)39)44-30(6,45-32)46-34/h8-9,12,14-15,19,23,25-26,38-39H,10-11,13,16H2,1-7H3. The van der Waals surface area contributed by atoms with Gasteiger partial charge in [-0.15, -0.1) is 0 Å². The third-order valence-electron chi connectivity index (χ3n) is 13.4. The predicted octanol–water partition coefficient (Wildman–Crippen LogP) is 3.16. The van der Waals surface area contributed by atoms with Crippen molar-refractivity contribution in [3.8, 4) is 0 Å². The molecule has 6 fully saturated rings. The maximum absolute atomic E-state index is 13.5. The molecule has 248 valence electrons. The normalized spacial score (nSPS) is 52.5. The van der Waals surface area contributed by atoms with Gasteiger partial charge in [-0.2, -0.15) is 0 Å². The van der Waals surface area contributed by atoms with Crippen molar-refractivity contribution in [3.63, 3.8) is 0 Å². The lowest BCUT2D eigenvalue weighted by atomic mass is 9.35. The van der Waals surface area contributed by atoms with Crippen LogP contribution in [0.2, 0.25) is 0 Å². The van der Waals surface area contributed by atoms with Crippen molar-refractivity contribution in [1.82, 2.24) is 0 Å². The van der Waals surface area contributed by atoms with E-state index in [1.807, 2.05) is 20.8 Å². The lowest BCUT2D eigenvalue weighted by Crippen LogP contribution is -2.92. The Kier molecular flexibility index (Phi) is 5.61. The molecule has 8 rings (SSSR count). The number of methoxy groups -OCH3 is 1. The summed E-state index contributed by atoms with van der Waals surface area (Å²) in [6.45, 7) is 10.5. The van der Waals surface area contributed by atoms with Crippen LogP contribution in [0.3, 0.4) is 0 Å². The topological polar surface area (TPSA) is 160 Å². The van der Waals surface area contributed by atoms with E-state index in [0.717, 1.165) is 0 Å². The van der Waals surface area contributed by atoms with Crippen LogP contribution < -0.4 is 0 Å². The summed E-state index contributed by atoms with van der Waals surface area (Å²) in [5.74, 6) is -4.26. The van der Waals surface area contributed by atoms with Crippen molar-refractivity contribution in [2.24, 2.45) is 22.2 Å². The molecule has 0 aromatic carbocycles. The van der Waals surface area contributed by atoms with E-state index in [0.29, 0.717) is 29.6 Å². The quantitative estimate of drug-likeness (QED) is 0.275. The first-order valence-electron chi connectivity index (χ1n) is 15.9. The second-order valence-electron chi connectivity index (χ2n) is 15.1. The van der Waals surface area contributed by atoms with Crippen LogP contribution in [0.25, 0.3) is 0 Å². The van der Waals surface area contributed by atoms with Crippen LogP contribution in [0.5, 0.6) is 0 Å². The molecule has 4 heterocycles. The van der Waals surface area contributed by atoms with Crippen LogP contribution in [-0.4, -0.2) is 75.8 Å². The van der Waals surface area contributed by atoms with Crippen LogP contribution in [0.1, 0.15) is 78.9 Å². The highest BCUT2D eigenvalue weighted by atomic mass is 16.9. The monoisotopic (exact) mass is 640 g/mol. The molecule has 1 aromatic heterocycles. The number of allylic oxidation sites excluding steroid dienone is 1. The largest absolute Gasteiger partial charge is 0.472 e. The maximum atomic E-state index is 13.5. The van der Waals surface area contributed by atoms with Gasteiger partial charge in [-0.25, -0.2) is 9.59 Å². The van der Waals surface area contributed by atoms with Crippen molar-refractivity contribution in [2.75, 3.05) is 7.11 Å². The summed E-state index contributed by atoms with van der Waals surface area (Å²) < 4.78 is 43.0. The smallest absolute Gasteiger partial charge is 0.333 e. The zero-order valence-electron chi connectivity index (χ0n) is 27.0. The van der Waals surface area contributed by atoms with E-state index in [1.54, 1.807) is 32.9 Å². The second-order valence-corrected chi connectivity index (χ2v) is 15.1. The molecule has 12 nitrogen and oxygen atoms in total. The van der Waals surface area contributed by atoms with Crippen LogP contribution in [0, 0.1) is 22.2 Å². The van der Waals surface area contributed by atoms with Gasteiger partial charge in [0.15, 0.2) is 11.2 Å². The van der Waals surface area contributed by atoms with Crippen molar-refractivity contribution in [1.29, 1.82) is 0 Å². The van der Waals surface area contributed by atoms with Gasteiger partial charge in [0.05, 0.1) is 19.6 Å². The van der Waals surface area contributed by atoms with E-state index < -0.39 is 86.8 Å². The fourth-order valence-corrected chi connectivity index (χ4v) is 11.6. The molecule has 1 aromatic rings. The van der Waals surface area contributed by atoms with Crippen molar-refractivity contribution < 1.29 is 57.4 Å². The first-order valence-corrected chi connectivity index (χ1v) is 15.9. The number of rotatable bonds is 5. The summed E-state index contributed by atoms with van der Waals surface area (Å²) >= 11 is 0. The Morgan fingerprint density at radius 2 is 1.87 bits per heavy atom. The van der Waals surface area contributed by atoms with Gasteiger partial charge in [0.1, 0.15) is 29.5 Å². The van der Waals surface area contributed by atoms with Crippen molar-refractivity contribution in [3.05, 3.63) is 47.5 Å². The average molecular weight is 641 g/mol. The summed E-state index contributed by atoms with van der Waals surface area (Å²) in [5.41, 5.74) is -9.27. The van der Waals surface area contributed by atoms with Gasteiger partial charge >= 0.3 is 17.9 Å². The van der Waals surface area contributed by atoms with Gasteiger partial charge in [-0.3, -0.25) is 4.79 Å². The van der Waals surface area contributed by atoms with E-state index in [2.05, 4.69) is 0 Å². The molecule has 3 aliphatic heterocycles. The van der Waals surface area contributed by atoms with E-state index in [1.165, 1.54) is 25.7 Å². The van der Waals surface area contributed by atoms with E-state index >= 15 is 0 Å². The predicted molar refractivity (Wildman–Crippen MR) is 154 cm³/mol. The third-order valence-corrected chi connectivity index (χ3v) is 13.4. The van der Waals surface area contributed by atoms with Crippen molar-refractivity contribution >= 4 is 17.9 Å². The number of hydrogen-bond acceptors (Lipinski definition) is 12. The van der Waals surface area contributed by atoms with Gasteiger partial charge < -0.3 is 43.1 Å². The van der Waals surface area contributed by atoms with Crippen LogP contribution >= 0.6 is 0 Å². The Morgan fingerprint density at radius 3 is 2.52 bits per heavy atom. The number of furan rings is 1.